The van der Waals surface area contributed by atoms with Crippen molar-refractivity contribution >= 4 is 39.1 Å². The number of benzene rings is 2. The van der Waals surface area contributed by atoms with Crippen molar-refractivity contribution in [3.8, 4) is 11.1 Å². The molecule has 0 fully saturated rings. The normalized spacial score (nSPS) is 11.1. The van der Waals surface area contributed by atoms with Crippen LogP contribution < -0.4 is 5.32 Å². The van der Waals surface area contributed by atoms with Crippen LogP contribution in [-0.2, 0) is 17.8 Å². The van der Waals surface area contributed by atoms with Gasteiger partial charge in [0.15, 0.2) is 0 Å². The Kier molecular flexibility index (Phi) is 5.85. The smallest absolute Gasteiger partial charge is 0.317 e. The van der Waals surface area contributed by atoms with Crippen LogP contribution in [0.15, 0.2) is 60.8 Å². The molecule has 0 radical (unpaired) electrons. The van der Waals surface area contributed by atoms with E-state index in [4.69, 9.17) is 16.7 Å². The van der Waals surface area contributed by atoms with Crippen molar-refractivity contribution in [1.82, 2.24) is 15.3 Å². The number of carboxylic acids is 1. The molecule has 0 saturated carbocycles. The number of carbonyl (C=O) groups is 1. The van der Waals surface area contributed by atoms with Crippen LogP contribution in [0.4, 0.5) is 0 Å². The lowest BCUT2D eigenvalue weighted by Gasteiger charge is -2.10. The zero-order chi connectivity index (χ0) is 20.2. The summed E-state index contributed by atoms with van der Waals surface area (Å²) in [5.41, 5.74) is 4.76. The van der Waals surface area contributed by atoms with E-state index in [1.165, 1.54) is 11.3 Å². The molecule has 0 saturated heterocycles. The van der Waals surface area contributed by atoms with E-state index in [0.717, 1.165) is 42.6 Å². The van der Waals surface area contributed by atoms with Crippen molar-refractivity contribution in [2.24, 2.45) is 0 Å². The second-order valence-corrected chi connectivity index (χ2v) is 8.02. The fourth-order valence-electron chi connectivity index (χ4n) is 3.17. The summed E-state index contributed by atoms with van der Waals surface area (Å²) in [7, 11) is 0. The molecule has 0 amide bonds. The maximum Gasteiger partial charge on any atom is 0.317 e. The molecule has 2 aromatic heterocycles. The summed E-state index contributed by atoms with van der Waals surface area (Å²) in [6.45, 7) is 0.318. The average Bonchev–Trinajstić information content (AvgIpc) is 3.14. The van der Waals surface area contributed by atoms with Crippen LogP contribution in [0, 0.1) is 0 Å². The van der Waals surface area contributed by atoms with Crippen molar-refractivity contribution in [3.63, 3.8) is 0 Å². The number of hydrogen-bond donors (Lipinski definition) is 2. The topological polar surface area (TPSA) is 75.1 Å². The molecule has 29 heavy (non-hydrogen) atoms. The lowest BCUT2D eigenvalue weighted by molar-refractivity contribution is -0.135. The van der Waals surface area contributed by atoms with Gasteiger partial charge < -0.3 is 10.4 Å². The Balaban J connectivity index is 1.63. The van der Waals surface area contributed by atoms with Crippen LogP contribution in [0.2, 0.25) is 5.02 Å². The summed E-state index contributed by atoms with van der Waals surface area (Å²) in [4.78, 5) is 19.9. The Morgan fingerprint density at radius 2 is 1.93 bits per heavy atom. The van der Waals surface area contributed by atoms with Gasteiger partial charge in [-0.2, -0.15) is 0 Å². The molecule has 0 aliphatic rings. The fourth-order valence-corrected chi connectivity index (χ4v) is 4.43. The molecule has 4 aromatic rings. The fraction of sp³-hybridized carbons (Fsp3) is 0.136. The highest BCUT2D eigenvalue weighted by Crippen LogP contribution is 2.33. The van der Waals surface area contributed by atoms with Gasteiger partial charge in [-0.15, -0.1) is 11.3 Å². The summed E-state index contributed by atoms with van der Waals surface area (Å²) in [6.07, 6.45) is 2.35. The van der Waals surface area contributed by atoms with Gasteiger partial charge in [0.2, 0.25) is 0 Å². The summed E-state index contributed by atoms with van der Waals surface area (Å²) in [5, 5.41) is 13.2. The summed E-state index contributed by atoms with van der Waals surface area (Å²) in [5.74, 6) is -0.888. The molecule has 146 valence electrons. The van der Waals surface area contributed by atoms with Crippen LogP contribution >= 0.6 is 22.9 Å². The Labute approximate surface area is 177 Å². The monoisotopic (exact) mass is 423 g/mol. The van der Waals surface area contributed by atoms with Gasteiger partial charge in [-0.05, 0) is 17.2 Å². The van der Waals surface area contributed by atoms with Crippen molar-refractivity contribution in [1.29, 1.82) is 0 Å². The molecule has 0 aliphatic carbocycles. The molecule has 0 aliphatic heterocycles. The number of pyridine rings is 1. The number of nitrogens with one attached hydrogen (secondary N) is 1. The predicted octanol–water partition coefficient (Wildman–Crippen LogP) is 4.78. The van der Waals surface area contributed by atoms with Gasteiger partial charge in [-0.1, -0.05) is 60.1 Å². The quantitative estimate of drug-likeness (QED) is 0.447. The van der Waals surface area contributed by atoms with Gasteiger partial charge in [0.25, 0.3) is 0 Å². The number of hydrogen-bond acceptors (Lipinski definition) is 5. The predicted molar refractivity (Wildman–Crippen MR) is 116 cm³/mol. The number of thiazole rings is 1. The maximum atomic E-state index is 10.7. The minimum absolute atomic E-state index is 0.0943. The number of aliphatic carboxylic acids is 1. The van der Waals surface area contributed by atoms with Crippen molar-refractivity contribution in [3.05, 3.63) is 82.1 Å². The minimum atomic E-state index is -0.888. The third kappa shape index (κ3) is 4.45. The second-order valence-electron chi connectivity index (χ2n) is 6.53. The van der Waals surface area contributed by atoms with Crippen LogP contribution in [-0.4, -0.2) is 27.6 Å². The van der Waals surface area contributed by atoms with Gasteiger partial charge in [-0.25, -0.2) is 4.98 Å². The zero-order valence-corrected chi connectivity index (χ0v) is 17.0. The Hall–Kier alpha value is -2.80. The lowest BCUT2D eigenvalue weighted by Crippen LogP contribution is -2.21. The van der Waals surface area contributed by atoms with Crippen LogP contribution in [0.1, 0.15) is 16.3 Å². The molecular weight excluding hydrogens is 406 g/mol. The molecule has 0 unspecified atom stereocenters. The lowest BCUT2D eigenvalue weighted by atomic mass is 10.0. The third-order valence-corrected chi connectivity index (χ3v) is 5.97. The van der Waals surface area contributed by atoms with E-state index in [0.29, 0.717) is 13.0 Å². The van der Waals surface area contributed by atoms with Crippen molar-refractivity contribution in [2.45, 2.75) is 13.0 Å². The van der Waals surface area contributed by atoms with E-state index in [-0.39, 0.29) is 6.54 Å². The number of fused-ring (bicyclic) bond motifs is 1. The maximum absolute atomic E-state index is 10.7. The molecule has 0 atom stereocenters. The second kappa shape index (κ2) is 8.69. The van der Waals surface area contributed by atoms with Crippen molar-refractivity contribution < 1.29 is 9.90 Å². The summed E-state index contributed by atoms with van der Waals surface area (Å²) < 4.78 is 1.03. The zero-order valence-electron chi connectivity index (χ0n) is 15.4. The largest absolute Gasteiger partial charge is 0.480 e. The van der Waals surface area contributed by atoms with Crippen LogP contribution in [0.5, 0.6) is 0 Å². The van der Waals surface area contributed by atoms with Gasteiger partial charge in [-0.3, -0.25) is 9.78 Å². The first-order chi connectivity index (χ1) is 14.1. The highest BCUT2D eigenvalue weighted by molar-refractivity contribution is 7.18. The minimum Gasteiger partial charge on any atom is -0.480 e. The molecule has 2 aromatic carbocycles. The van der Waals surface area contributed by atoms with E-state index in [9.17, 15) is 4.79 Å². The Bertz CT molecular complexity index is 1160. The first kappa shape index (κ1) is 19.5. The van der Waals surface area contributed by atoms with Crippen LogP contribution in [0.3, 0.4) is 0 Å². The van der Waals surface area contributed by atoms with E-state index in [1.54, 1.807) is 6.20 Å². The molecule has 5 nitrogen and oxygen atoms in total. The number of rotatable bonds is 7. The molecule has 0 bridgehead atoms. The highest BCUT2D eigenvalue weighted by Gasteiger charge is 2.14. The van der Waals surface area contributed by atoms with Gasteiger partial charge in [0, 0.05) is 24.7 Å². The van der Waals surface area contributed by atoms with Gasteiger partial charge >= 0.3 is 5.97 Å². The molecule has 7 heteroatoms. The van der Waals surface area contributed by atoms with Crippen LogP contribution in [0.25, 0.3) is 21.3 Å². The highest BCUT2D eigenvalue weighted by atomic mass is 35.5. The molecule has 2 heterocycles. The number of halogens is 1. The molecule has 2 N–H and O–H groups in total. The Morgan fingerprint density at radius 1 is 1.10 bits per heavy atom. The van der Waals surface area contributed by atoms with Gasteiger partial charge in [0.1, 0.15) is 10.5 Å². The number of nitrogens with zero attached hydrogens (tertiary/aromatic N) is 2. The molecule has 4 rings (SSSR count). The van der Waals surface area contributed by atoms with Gasteiger partial charge in [0.05, 0.1) is 22.0 Å². The number of aromatic nitrogens is 2. The summed E-state index contributed by atoms with van der Waals surface area (Å²) >= 11 is 8.27. The first-order valence-corrected chi connectivity index (χ1v) is 10.3. The average molecular weight is 424 g/mol. The van der Waals surface area contributed by atoms with E-state index < -0.39 is 5.97 Å². The third-order valence-electron chi connectivity index (χ3n) is 4.50. The molecular formula is C22H18ClN3O2S. The number of carboxylic acid groups (broad SMARTS) is 1. The summed E-state index contributed by atoms with van der Waals surface area (Å²) in [6, 6.07) is 18.0. The molecule has 0 spiro atoms. The van der Waals surface area contributed by atoms with E-state index in [2.05, 4.69) is 15.3 Å². The SMILES string of the molecule is O=C(O)CNCc1nc2c(Cc3cccc(-c4ccccc4)c3Cl)nccc2s1. The first-order valence-electron chi connectivity index (χ1n) is 9.10. The van der Waals surface area contributed by atoms with E-state index in [1.807, 2.05) is 54.6 Å². The van der Waals surface area contributed by atoms with E-state index >= 15 is 0 Å². The standard InChI is InChI=1S/C22H18ClN3O2S/c23-21-15(7-4-8-16(21)14-5-2-1-3-6-14)11-17-22-18(9-10-25-17)29-19(26-22)12-24-13-20(27)28/h1-10,24H,11-13H2,(H,27,28). The van der Waals surface area contributed by atoms with Crippen molar-refractivity contribution in [2.75, 3.05) is 6.54 Å². The Morgan fingerprint density at radius 3 is 2.72 bits per heavy atom.